The molecule has 1 rings (SSSR count). The fourth-order valence-electron chi connectivity index (χ4n) is 1.37. The molecule has 94 valence electrons. The summed E-state index contributed by atoms with van der Waals surface area (Å²) in [7, 11) is -1.10. The Morgan fingerprint density at radius 2 is 2.18 bits per heavy atom. The second-order valence-electron chi connectivity index (χ2n) is 3.53. The van der Waals surface area contributed by atoms with Crippen LogP contribution < -0.4 is 0 Å². The van der Waals surface area contributed by atoms with Gasteiger partial charge in [-0.1, -0.05) is 13.0 Å². The molecule has 0 heterocycles. The van der Waals surface area contributed by atoms with Gasteiger partial charge in [0.05, 0.1) is 16.4 Å². The summed E-state index contributed by atoms with van der Waals surface area (Å²) in [6, 6.07) is 4.97. The number of carboxylic acids is 1. The maximum atomic E-state index is 11.9. The Labute approximate surface area is 108 Å². The molecule has 0 aliphatic heterocycles. The lowest BCUT2D eigenvalue weighted by Crippen LogP contribution is -2.05. The summed E-state index contributed by atoms with van der Waals surface area (Å²) in [6.45, 7) is 3.80. The van der Waals surface area contributed by atoms with Gasteiger partial charge in [-0.05, 0) is 30.4 Å². The highest BCUT2D eigenvalue weighted by atomic mass is 32.2. The van der Waals surface area contributed by atoms with E-state index in [1.165, 1.54) is 6.07 Å². The zero-order valence-corrected chi connectivity index (χ0v) is 11.6. The lowest BCUT2D eigenvalue weighted by Gasteiger charge is -2.05. The number of aryl methyl sites for hydroxylation is 1. The molecule has 0 saturated carbocycles. The van der Waals surface area contributed by atoms with Crippen LogP contribution in [0.4, 0.5) is 0 Å². The lowest BCUT2D eigenvalue weighted by atomic mass is 10.1. The van der Waals surface area contributed by atoms with Gasteiger partial charge in [0, 0.05) is 16.4 Å². The van der Waals surface area contributed by atoms with Gasteiger partial charge in [0.25, 0.3) is 0 Å². The molecule has 1 unspecified atom stereocenters. The third-order valence-corrected chi connectivity index (χ3v) is 4.83. The highest BCUT2D eigenvalue weighted by Crippen LogP contribution is 2.15. The fourth-order valence-corrected chi connectivity index (χ4v) is 3.44. The number of hydrogen-bond donors (Lipinski definition) is 1. The lowest BCUT2D eigenvalue weighted by molar-refractivity contribution is 0.0696. The van der Waals surface area contributed by atoms with Crippen LogP contribution in [0.25, 0.3) is 0 Å². The Bertz CT molecular complexity index is 430. The van der Waals surface area contributed by atoms with Crippen molar-refractivity contribution in [3.63, 3.8) is 0 Å². The van der Waals surface area contributed by atoms with Crippen molar-refractivity contribution in [3.05, 3.63) is 29.3 Å². The van der Waals surface area contributed by atoms with Crippen molar-refractivity contribution in [2.75, 3.05) is 17.3 Å². The van der Waals surface area contributed by atoms with Gasteiger partial charge in [0.15, 0.2) is 0 Å². The Morgan fingerprint density at radius 3 is 2.76 bits per heavy atom. The van der Waals surface area contributed by atoms with Gasteiger partial charge in [-0.25, -0.2) is 4.79 Å². The van der Waals surface area contributed by atoms with E-state index in [9.17, 15) is 9.00 Å². The molecular weight excluding hydrogens is 256 g/mol. The molecule has 1 aromatic rings. The Hall–Kier alpha value is -0.810. The quantitative estimate of drug-likeness (QED) is 0.809. The van der Waals surface area contributed by atoms with Gasteiger partial charge in [-0.2, -0.15) is 11.8 Å². The average Bonchev–Trinajstić information content (AvgIpc) is 2.29. The topological polar surface area (TPSA) is 54.4 Å². The SMILES string of the molecule is CCSCCS(=O)c1ccc(C)c(C(=O)O)c1. The van der Waals surface area contributed by atoms with E-state index < -0.39 is 16.8 Å². The first-order chi connectivity index (χ1) is 8.06. The van der Waals surface area contributed by atoms with Crippen molar-refractivity contribution >= 4 is 28.5 Å². The molecule has 0 saturated heterocycles. The van der Waals surface area contributed by atoms with E-state index in [2.05, 4.69) is 6.92 Å². The molecule has 0 amide bonds. The largest absolute Gasteiger partial charge is 0.478 e. The van der Waals surface area contributed by atoms with Crippen LogP contribution in [-0.2, 0) is 10.8 Å². The number of benzene rings is 1. The minimum absolute atomic E-state index is 0.235. The number of aromatic carboxylic acids is 1. The van der Waals surface area contributed by atoms with Gasteiger partial charge < -0.3 is 5.11 Å². The van der Waals surface area contributed by atoms with Crippen molar-refractivity contribution in [1.82, 2.24) is 0 Å². The Morgan fingerprint density at radius 1 is 1.47 bits per heavy atom. The molecule has 1 atom stereocenters. The molecule has 0 aromatic heterocycles. The Balaban J connectivity index is 2.81. The average molecular weight is 272 g/mol. The fraction of sp³-hybridized carbons (Fsp3) is 0.417. The van der Waals surface area contributed by atoms with Crippen LogP contribution in [0.3, 0.4) is 0 Å². The normalized spacial score (nSPS) is 12.4. The third kappa shape index (κ3) is 4.16. The van der Waals surface area contributed by atoms with Crippen molar-refractivity contribution in [3.8, 4) is 0 Å². The molecular formula is C12H16O3S2. The van der Waals surface area contributed by atoms with Crippen molar-refractivity contribution in [2.45, 2.75) is 18.7 Å². The maximum absolute atomic E-state index is 11.9. The zero-order valence-electron chi connectivity index (χ0n) is 9.93. The zero-order chi connectivity index (χ0) is 12.8. The predicted molar refractivity (Wildman–Crippen MR) is 72.4 cm³/mol. The van der Waals surface area contributed by atoms with Crippen molar-refractivity contribution in [2.24, 2.45) is 0 Å². The van der Waals surface area contributed by atoms with Crippen LogP contribution in [0.1, 0.15) is 22.8 Å². The van der Waals surface area contributed by atoms with E-state index in [4.69, 9.17) is 5.11 Å². The molecule has 3 nitrogen and oxygen atoms in total. The summed E-state index contributed by atoms with van der Waals surface area (Å²) in [6.07, 6.45) is 0. The smallest absolute Gasteiger partial charge is 0.335 e. The number of rotatable bonds is 6. The highest BCUT2D eigenvalue weighted by molar-refractivity contribution is 8.00. The van der Waals surface area contributed by atoms with Gasteiger partial charge in [-0.15, -0.1) is 0 Å². The van der Waals surface area contributed by atoms with Gasteiger partial charge in [0.2, 0.25) is 0 Å². The minimum atomic E-state index is -1.10. The Kier molecular flexibility index (Phi) is 5.71. The third-order valence-electron chi connectivity index (χ3n) is 2.32. The minimum Gasteiger partial charge on any atom is -0.478 e. The highest BCUT2D eigenvalue weighted by Gasteiger charge is 2.11. The van der Waals surface area contributed by atoms with Crippen LogP contribution in [0, 0.1) is 6.92 Å². The van der Waals surface area contributed by atoms with Gasteiger partial charge in [-0.3, -0.25) is 4.21 Å². The molecule has 1 aromatic carbocycles. The van der Waals surface area contributed by atoms with E-state index in [1.807, 2.05) is 0 Å². The molecule has 17 heavy (non-hydrogen) atoms. The van der Waals surface area contributed by atoms with E-state index in [0.717, 1.165) is 11.5 Å². The molecule has 0 fully saturated rings. The first-order valence-corrected chi connectivity index (χ1v) is 7.83. The monoisotopic (exact) mass is 272 g/mol. The molecule has 0 bridgehead atoms. The molecule has 0 aliphatic rings. The van der Waals surface area contributed by atoms with Gasteiger partial charge in [0.1, 0.15) is 0 Å². The first-order valence-electron chi connectivity index (χ1n) is 5.36. The molecule has 0 radical (unpaired) electrons. The summed E-state index contributed by atoms with van der Waals surface area (Å²) >= 11 is 1.74. The number of hydrogen-bond acceptors (Lipinski definition) is 3. The number of carboxylic acid groups (broad SMARTS) is 1. The molecule has 1 N–H and O–H groups in total. The summed E-state index contributed by atoms with van der Waals surface area (Å²) < 4.78 is 11.9. The second-order valence-corrected chi connectivity index (χ2v) is 6.49. The van der Waals surface area contributed by atoms with E-state index >= 15 is 0 Å². The molecule has 0 aliphatic carbocycles. The van der Waals surface area contributed by atoms with Crippen LogP contribution in [0.5, 0.6) is 0 Å². The second kappa shape index (κ2) is 6.81. The first kappa shape index (κ1) is 14.3. The van der Waals surface area contributed by atoms with Crippen LogP contribution >= 0.6 is 11.8 Å². The van der Waals surface area contributed by atoms with E-state index in [1.54, 1.807) is 30.8 Å². The van der Waals surface area contributed by atoms with Crippen LogP contribution in [0.15, 0.2) is 23.1 Å². The van der Waals surface area contributed by atoms with E-state index in [0.29, 0.717) is 16.2 Å². The van der Waals surface area contributed by atoms with Crippen molar-refractivity contribution in [1.29, 1.82) is 0 Å². The van der Waals surface area contributed by atoms with Crippen LogP contribution in [0.2, 0.25) is 0 Å². The molecule has 0 spiro atoms. The summed E-state index contributed by atoms with van der Waals surface area (Å²) in [5.74, 6) is 1.44. The predicted octanol–water partition coefficient (Wildman–Crippen LogP) is 2.55. The van der Waals surface area contributed by atoms with Gasteiger partial charge >= 0.3 is 5.97 Å². The standard InChI is InChI=1S/C12H16O3S2/c1-3-16-6-7-17(15)10-5-4-9(2)11(8-10)12(13)14/h4-5,8H,3,6-7H2,1-2H3,(H,13,14). The summed E-state index contributed by atoms with van der Waals surface area (Å²) in [5.41, 5.74) is 0.931. The van der Waals surface area contributed by atoms with Crippen LogP contribution in [-0.4, -0.2) is 32.5 Å². The van der Waals surface area contributed by atoms with Crippen molar-refractivity contribution < 1.29 is 14.1 Å². The maximum Gasteiger partial charge on any atom is 0.335 e. The number of thioether (sulfide) groups is 1. The summed E-state index contributed by atoms with van der Waals surface area (Å²) in [5, 5.41) is 8.98. The molecule has 5 heteroatoms. The number of carbonyl (C=O) groups is 1. The van der Waals surface area contributed by atoms with E-state index in [-0.39, 0.29) is 5.56 Å². The summed E-state index contributed by atoms with van der Waals surface area (Å²) in [4.78, 5) is 11.6.